The number of nitrogens with zero attached hydrogens (tertiary/aromatic N) is 4. The average molecular weight is 312 g/mol. The van der Waals surface area contributed by atoms with Gasteiger partial charge in [0.2, 0.25) is 11.8 Å². The van der Waals surface area contributed by atoms with Crippen molar-refractivity contribution in [3.05, 3.63) is 47.9 Å². The quantitative estimate of drug-likeness (QED) is 0.861. The summed E-state index contributed by atoms with van der Waals surface area (Å²) in [7, 11) is 0. The molecule has 0 bridgehead atoms. The number of carbonyl (C=O) groups is 1. The van der Waals surface area contributed by atoms with E-state index in [2.05, 4.69) is 15.2 Å². The van der Waals surface area contributed by atoms with E-state index in [9.17, 15) is 4.79 Å². The van der Waals surface area contributed by atoms with Gasteiger partial charge >= 0.3 is 0 Å². The van der Waals surface area contributed by atoms with Crippen LogP contribution in [0.1, 0.15) is 24.1 Å². The van der Waals surface area contributed by atoms with Crippen molar-refractivity contribution in [3.63, 3.8) is 0 Å². The van der Waals surface area contributed by atoms with Crippen LogP contribution in [0.5, 0.6) is 5.88 Å². The first-order chi connectivity index (χ1) is 11.2. The molecule has 120 valence electrons. The lowest BCUT2D eigenvalue weighted by Gasteiger charge is -2.32. The van der Waals surface area contributed by atoms with Gasteiger partial charge in [0.1, 0.15) is 6.10 Å². The number of piperidine rings is 1. The molecule has 0 aromatic carbocycles. The van der Waals surface area contributed by atoms with Crippen LogP contribution in [0.2, 0.25) is 0 Å². The molecule has 1 atom stereocenters. The van der Waals surface area contributed by atoms with Crippen molar-refractivity contribution in [2.24, 2.45) is 0 Å². The molecule has 1 unspecified atom stereocenters. The van der Waals surface area contributed by atoms with Crippen LogP contribution >= 0.6 is 0 Å². The van der Waals surface area contributed by atoms with Crippen LogP contribution in [0.15, 0.2) is 36.7 Å². The van der Waals surface area contributed by atoms with Crippen molar-refractivity contribution in [2.75, 3.05) is 13.1 Å². The van der Waals surface area contributed by atoms with E-state index in [0.29, 0.717) is 18.8 Å². The van der Waals surface area contributed by atoms with Crippen LogP contribution in [-0.2, 0) is 11.2 Å². The van der Waals surface area contributed by atoms with E-state index >= 15 is 0 Å². The van der Waals surface area contributed by atoms with Gasteiger partial charge in [-0.2, -0.15) is 5.10 Å². The Bertz CT molecular complexity index is 645. The Labute approximate surface area is 135 Å². The van der Waals surface area contributed by atoms with Gasteiger partial charge in [-0.15, -0.1) is 5.10 Å². The summed E-state index contributed by atoms with van der Waals surface area (Å²) in [5.41, 5.74) is 1.79. The van der Waals surface area contributed by atoms with Crippen LogP contribution in [0.4, 0.5) is 0 Å². The maximum absolute atomic E-state index is 12.4. The summed E-state index contributed by atoms with van der Waals surface area (Å²) in [5, 5.41) is 8.02. The van der Waals surface area contributed by atoms with E-state index in [1.165, 1.54) is 0 Å². The molecule has 6 nitrogen and oxygen atoms in total. The SMILES string of the molecule is Cc1ccc(OC2CCCN(C(=O)Cc3cccnc3)C2)nn1. The lowest BCUT2D eigenvalue weighted by Crippen LogP contribution is -2.45. The van der Waals surface area contributed by atoms with Gasteiger partial charge in [0.25, 0.3) is 0 Å². The molecule has 3 rings (SSSR count). The number of hydrogen-bond donors (Lipinski definition) is 0. The second kappa shape index (κ2) is 7.17. The molecule has 1 saturated heterocycles. The van der Waals surface area contributed by atoms with Crippen molar-refractivity contribution < 1.29 is 9.53 Å². The Kier molecular flexibility index (Phi) is 4.80. The summed E-state index contributed by atoms with van der Waals surface area (Å²) in [5.74, 6) is 0.628. The van der Waals surface area contributed by atoms with Crippen molar-refractivity contribution in [2.45, 2.75) is 32.3 Å². The highest BCUT2D eigenvalue weighted by Crippen LogP contribution is 2.17. The first-order valence-corrected chi connectivity index (χ1v) is 7.84. The molecule has 6 heteroatoms. The van der Waals surface area contributed by atoms with Gasteiger partial charge in [0.15, 0.2) is 0 Å². The number of pyridine rings is 1. The van der Waals surface area contributed by atoms with Gasteiger partial charge in [-0.1, -0.05) is 6.07 Å². The number of amides is 1. The summed E-state index contributed by atoms with van der Waals surface area (Å²) >= 11 is 0. The highest BCUT2D eigenvalue weighted by atomic mass is 16.5. The number of aryl methyl sites for hydroxylation is 1. The molecule has 0 spiro atoms. The van der Waals surface area contributed by atoms with Crippen molar-refractivity contribution in [3.8, 4) is 5.88 Å². The minimum absolute atomic E-state index is 0.0291. The zero-order valence-electron chi connectivity index (χ0n) is 13.2. The number of rotatable bonds is 4. The Morgan fingerprint density at radius 3 is 3.00 bits per heavy atom. The van der Waals surface area contributed by atoms with Gasteiger partial charge in [0, 0.05) is 25.0 Å². The van der Waals surface area contributed by atoms with E-state index in [4.69, 9.17) is 4.74 Å². The molecule has 1 aliphatic rings. The molecule has 0 N–H and O–H groups in total. The number of ether oxygens (including phenoxy) is 1. The highest BCUT2D eigenvalue weighted by Gasteiger charge is 2.25. The first-order valence-electron chi connectivity index (χ1n) is 7.84. The maximum atomic E-state index is 12.4. The monoisotopic (exact) mass is 312 g/mol. The van der Waals surface area contributed by atoms with Crippen molar-refractivity contribution in [1.29, 1.82) is 0 Å². The zero-order chi connectivity index (χ0) is 16.1. The summed E-state index contributed by atoms with van der Waals surface area (Å²) in [6, 6.07) is 7.46. The van der Waals surface area contributed by atoms with Crippen LogP contribution in [0, 0.1) is 6.92 Å². The predicted molar refractivity (Wildman–Crippen MR) is 84.9 cm³/mol. The molecule has 1 fully saturated rings. The zero-order valence-corrected chi connectivity index (χ0v) is 13.2. The van der Waals surface area contributed by atoms with E-state index < -0.39 is 0 Å². The molecule has 0 radical (unpaired) electrons. The molecule has 3 heterocycles. The number of aromatic nitrogens is 3. The van der Waals surface area contributed by atoms with Crippen LogP contribution in [0.3, 0.4) is 0 Å². The van der Waals surface area contributed by atoms with Gasteiger partial charge in [-0.25, -0.2) is 0 Å². The van der Waals surface area contributed by atoms with Crippen molar-refractivity contribution >= 4 is 5.91 Å². The summed E-state index contributed by atoms with van der Waals surface area (Å²) < 4.78 is 5.86. The average Bonchev–Trinajstić information content (AvgIpc) is 2.58. The molecule has 0 saturated carbocycles. The van der Waals surface area contributed by atoms with Crippen LogP contribution in [0.25, 0.3) is 0 Å². The van der Waals surface area contributed by atoms with Crippen molar-refractivity contribution in [1.82, 2.24) is 20.1 Å². The van der Waals surface area contributed by atoms with E-state index in [1.54, 1.807) is 12.4 Å². The van der Waals surface area contributed by atoms with E-state index in [0.717, 1.165) is 30.6 Å². The molecule has 2 aromatic heterocycles. The Morgan fingerprint density at radius 1 is 1.35 bits per heavy atom. The largest absolute Gasteiger partial charge is 0.471 e. The van der Waals surface area contributed by atoms with E-state index in [-0.39, 0.29) is 12.0 Å². The van der Waals surface area contributed by atoms with Crippen LogP contribution in [-0.4, -0.2) is 45.2 Å². The molecular weight excluding hydrogens is 292 g/mol. The van der Waals surface area contributed by atoms with Gasteiger partial charge in [-0.05, 0) is 37.5 Å². The molecule has 23 heavy (non-hydrogen) atoms. The standard InChI is InChI=1S/C17H20N4O2/c1-13-6-7-16(20-19-13)23-15-5-3-9-21(12-15)17(22)10-14-4-2-8-18-11-14/h2,4,6-8,11,15H,3,5,9-10,12H2,1H3. The lowest BCUT2D eigenvalue weighted by molar-refractivity contribution is -0.133. The number of hydrogen-bond acceptors (Lipinski definition) is 5. The molecule has 2 aromatic rings. The van der Waals surface area contributed by atoms with Crippen LogP contribution < -0.4 is 4.74 Å². The Morgan fingerprint density at radius 2 is 2.26 bits per heavy atom. The first kappa shape index (κ1) is 15.4. The molecule has 1 aliphatic heterocycles. The molecule has 1 amide bonds. The normalized spacial score (nSPS) is 17.8. The summed E-state index contributed by atoms with van der Waals surface area (Å²) in [6.07, 6.45) is 5.65. The highest BCUT2D eigenvalue weighted by molar-refractivity contribution is 5.78. The second-order valence-corrected chi connectivity index (χ2v) is 5.77. The molecule has 0 aliphatic carbocycles. The minimum Gasteiger partial charge on any atom is -0.471 e. The third kappa shape index (κ3) is 4.25. The topological polar surface area (TPSA) is 68.2 Å². The third-order valence-electron chi connectivity index (χ3n) is 3.87. The predicted octanol–water partition coefficient (Wildman–Crippen LogP) is 1.79. The van der Waals surface area contributed by atoms with Gasteiger partial charge < -0.3 is 9.64 Å². The second-order valence-electron chi connectivity index (χ2n) is 5.77. The third-order valence-corrected chi connectivity index (χ3v) is 3.87. The number of carbonyl (C=O) groups excluding carboxylic acids is 1. The number of likely N-dealkylation sites (tertiary alicyclic amines) is 1. The van der Waals surface area contributed by atoms with Gasteiger partial charge in [0.05, 0.1) is 18.7 Å². The maximum Gasteiger partial charge on any atom is 0.233 e. The Hall–Kier alpha value is -2.50. The van der Waals surface area contributed by atoms with E-state index in [1.807, 2.05) is 36.1 Å². The Balaban J connectivity index is 1.57. The van der Waals surface area contributed by atoms with Gasteiger partial charge in [-0.3, -0.25) is 9.78 Å². The smallest absolute Gasteiger partial charge is 0.233 e. The fourth-order valence-electron chi connectivity index (χ4n) is 2.67. The fraction of sp³-hybridized carbons (Fsp3) is 0.412. The fourth-order valence-corrected chi connectivity index (χ4v) is 2.67. The summed E-state index contributed by atoms with van der Waals surface area (Å²) in [4.78, 5) is 18.3. The lowest BCUT2D eigenvalue weighted by atomic mass is 10.1. The summed E-state index contributed by atoms with van der Waals surface area (Å²) in [6.45, 7) is 3.25. The minimum atomic E-state index is -0.0291. The molecular formula is C17H20N4O2.